The molecule has 0 aliphatic carbocycles. The number of benzene rings is 2. The van der Waals surface area contributed by atoms with Gasteiger partial charge in [-0.25, -0.2) is 19.4 Å². The topological polar surface area (TPSA) is 126 Å². The van der Waals surface area contributed by atoms with E-state index in [4.69, 9.17) is 14.3 Å². The lowest BCUT2D eigenvalue weighted by atomic mass is 10.1. The first-order valence-electron chi connectivity index (χ1n) is 10.2. The van der Waals surface area contributed by atoms with Crippen LogP contribution in [0.2, 0.25) is 0 Å². The first kappa shape index (κ1) is 24.3. The van der Waals surface area contributed by atoms with Gasteiger partial charge in [-0.2, -0.15) is 0 Å². The van der Waals surface area contributed by atoms with Crippen LogP contribution in [0.15, 0.2) is 65.5 Å². The van der Waals surface area contributed by atoms with Crippen LogP contribution >= 0.6 is 0 Å². The number of hydrogen-bond acceptors (Lipinski definition) is 9. The van der Waals surface area contributed by atoms with Crippen molar-refractivity contribution in [3.63, 3.8) is 0 Å². The van der Waals surface area contributed by atoms with Crippen molar-refractivity contribution in [1.29, 1.82) is 0 Å². The summed E-state index contributed by atoms with van der Waals surface area (Å²) in [6.07, 6.45) is 0. The van der Waals surface area contributed by atoms with Crippen LogP contribution in [0.1, 0.15) is 50.9 Å². The average molecular weight is 465 g/mol. The van der Waals surface area contributed by atoms with Crippen molar-refractivity contribution in [3.8, 4) is 5.75 Å². The van der Waals surface area contributed by atoms with E-state index in [0.717, 1.165) is 11.7 Å². The standard InChI is InChI=1S/C24H23N3O7/c1-24(2,26-34-21(30)16-13-9-6-10-14-16)23-25-17(22(31)32-4)18(19(28)27(23)3)33-20(29)15-11-7-5-8-12-15/h5-14,26H,1-4H3. The molecule has 0 radical (unpaired) electrons. The maximum Gasteiger partial charge on any atom is 0.360 e. The van der Waals surface area contributed by atoms with Gasteiger partial charge in [0.25, 0.3) is 5.56 Å². The van der Waals surface area contributed by atoms with E-state index in [1.54, 1.807) is 62.4 Å². The van der Waals surface area contributed by atoms with Crippen LogP contribution in [0.25, 0.3) is 0 Å². The van der Waals surface area contributed by atoms with Crippen LogP contribution in [0.3, 0.4) is 0 Å². The molecule has 0 unspecified atom stereocenters. The molecule has 10 nitrogen and oxygen atoms in total. The van der Waals surface area contributed by atoms with E-state index in [9.17, 15) is 19.2 Å². The molecular formula is C24H23N3O7. The van der Waals surface area contributed by atoms with Gasteiger partial charge in [-0.15, -0.1) is 5.48 Å². The number of nitrogens with one attached hydrogen (secondary N) is 1. The van der Waals surface area contributed by atoms with Gasteiger partial charge in [-0.05, 0) is 38.1 Å². The van der Waals surface area contributed by atoms with Crippen molar-refractivity contribution in [2.24, 2.45) is 7.05 Å². The summed E-state index contributed by atoms with van der Waals surface area (Å²) in [7, 11) is 2.49. The summed E-state index contributed by atoms with van der Waals surface area (Å²) in [5.41, 5.74) is 0.540. The van der Waals surface area contributed by atoms with Gasteiger partial charge in [-0.1, -0.05) is 36.4 Å². The normalized spacial score (nSPS) is 10.9. The molecule has 10 heteroatoms. The molecule has 0 saturated heterocycles. The lowest BCUT2D eigenvalue weighted by Crippen LogP contribution is -2.44. The van der Waals surface area contributed by atoms with Crippen molar-refractivity contribution >= 4 is 17.9 Å². The molecule has 0 aliphatic heterocycles. The second-order valence-electron chi connectivity index (χ2n) is 7.71. The Morgan fingerprint density at radius 2 is 1.41 bits per heavy atom. The molecule has 2 aromatic carbocycles. The van der Waals surface area contributed by atoms with Crippen LogP contribution in [0, 0.1) is 0 Å². The molecule has 0 fully saturated rings. The molecule has 3 aromatic rings. The number of carbonyl (C=O) groups is 3. The van der Waals surface area contributed by atoms with Crippen LogP contribution in [-0.4, -0.2) is 34.6 Å². The summed E-state index contributed by atoms with van der Waals surface area (Å²) in [6, 6.07) is 16.3. The number of hydrogen-bond donors (Lipinski definition) is 1. The van der Waals surface area contributed by atoms with Gasteiger partial charge in [0.05, 0.1) is 18.2 Å². The molecule has 176 valence electrons. The van der Waals surface area contributed by atoms with Gasteiger partial charge < -0.3 is 14.3 Å². The number of rotatable bonds is 7. The fourth-order valence-electron chi connectivity index (χ4n) is 3.05. The smallest absolute Gasteiger partial charge is 0.360 e. The fraction of sp³-hybridized carbons (Fsp3) is 0.208. The SMILES string of the molecule is COC(=O)c1nc(C(C)(C)NOC(=O)c2ccccc2)n(C)c(=O)c1OC(=O)c1ccccc1. The lowest BCUT2D eigenvalue weighted by molar-refractivity contribution is -0.00224. The Labute approximate surface area is 195 Å². The fourth-order valence-corrected chi connectivity index (χ4v) is 3.05. The third kappa shape index (κ3) is 5.18. The molecule has 0 amide bonds. The van der Waals surface area contributed by atoms with Crippen LogP contribution < -0.4 is 15.8 Å². The van der Waals surface area contributed by atoms with Crippen LogP contribution in [0.5, 0.6) is 5.75 Å². The molecule has 0 saturated carbocycles. The Bertz CT molecular complexity index is 1270. The highest BCUT2D eigenvalue weighted by Gasteiger charge is 2.33. The summed E-state index contributed by atoms with van der Waals surface area (Å²) >= 11 is 0. The molecule has 1 aromatic heterocycles. The molecule has 1 heterocycles. The van der Waals surface area contributed by atoms with E-state index >= 15 is 0 Å². The van der Waals surface area contributed by atoms with Gasteiger partial charge in [0.2, 0.25) is 5.75 Å². The molecule has 0 bridgehead atoms. The summed E-state index contributed by atoms with van der Waals surface area (Å²) in [6.45, 7) is 3.17. The van der Waals surface area contributed by atoms with Crippen LogP contribution in [0.4, 0.5) is 0 Å². The first-order valence-corrected chi connectivity index (χ1v) is 10.2. The molecule has 0 atom stereocenters. The second kappa shape index (κ2) is 10.1. The minimum atomic E-state index is -1.23. The first-order chi connectivity index (χ1) is 16.2. The highest BCUT2D eigenvalue weighted by atomic mass is 16.7. The van der Waals surface area contributed by atoms with E-state index in [0.29, 0.717) is 5.56 Å². The number of ether oxygens (including phenoxy) is 2. The van der Waals surface area contributed by atoms with E-state index in [1.807, 2.05) is 0 Å². The molecular weight excluding hydrogens is 442 g/mol. The minimum absolute atomic E-state index is 0.0262. The molecule has 1 N–H and O–H groups in total. The molecule has 0 aliphatic rings. The number of nitrogens with zero attached hydrogens (tertiary/aromatic N) is 2. The molecule has 34 heavy (non-hydrogen) atoms. The number of methoxy groups -OCH3 is 1. The van der Waals surface area contributed by atoms with Crippen molar-refractivity contribution in [2.75, 3.05) is 7.11 Å². The zero-order chi connectivity index (χ0) is 24.9. The number of hydroxylamine groups is 1. The predicted molar refractivity (Wildman–Crippen MR) is 120 cm³/mol. The summed E-state index contributed by atoms with van der Waals surface area (Å²) < 4.78 is 11.1. The van der Waals surface area contributed by atoms with E-state index in [1.165, 1.54) is 19.2 Å². The monoisotopic (exact) mass is 465 g/mol. The highest BCUT2D eigenvalue weighted by molar-refractivity contribution is 5.94. The summed E-state index contributed by atoms with van der Waals surface area (Å²) in [5.74, 6) is -3.03. The Morgan fingerprint density at radius 3 is 1.94 bits per heavy atom. The maximum atomic E-state index is 13.1. The third-order valence-corrected chi connectivity index (χ3v) is 4.80. The zero-order valence-electron chi connectivity index (χ0n) is 19.0. The van der Waals surface area contributed by atoms with E-state index < -0.39 is 40.4 Å². The number of esters is 2. The van der Waals surface area contributed by atoms with Gasteiger partial charge in [0, 0.05) is 7.05 Å². The quantitative estimate of drug-likeness (QED) is 0.413. The maximum absolute atomic E-state index is 13.1. The largest absolute Gasteiger partial charge is 0.464 e. The zero-order valence-corrected chi connectivity index (χ0v) is 19.0. The van der Waals surface area contributed by atoms with Gasteiger partial charge >= 0.3 is 17.9 Å². The number of carbonyl (C=O) groups excluding carboxylic acids is 3. The number of aromatic nitrogens is 2. The van der Waals surface area contributed by atoms with Crippen LogP contribution in [-0.2, 0) is 22.2 Å². The van der Waals surface area contributed by atoms with Crippen molar-refractivity contribution < 1.29 is 28.7 Å². The predicted octanol–water partition coefficient (Wildman–Crippen LogP) is 2.38. The highest BCUT2D eigenvalue weighted by Crippen LogP contribution is 2.22. The summed E-state index contributed by atoms with van der Waals surface area (Å²) in [4.78, 5) is 59.7. The molecule has 0 spiro atoms. The Balaban J connectivity index is 1.96. The Hall–Kier alpha value is -4.31. The summed E-state index contributed by atoms with van der Waals surface area (Å²) in [5, 5.41) is 0. The third-order valence-electron chi connectivity index (χ3n) is 4.80. The Kier molecular flexibility index (Phi) is 7.22. The minimum Gasteiger partial charge on any atom is -0.464 e. The lowest BCUT2D eigenvalue weighted by Gasteiger charge is -2.27. The van der Waals surface area contributed by atoms with Gasteiger partial charge in [0.1, 0.15) is 11.4 Å². The van der Waals surface area contributed by atoms with Crippen molar-refractivity contribution in [1.82, 2.24) is 15.0 Å². The van der Waals surface area contributed by atoms with E-state index in [2.05, 4.69) is 10.5 Å². The second-order valence-corrected chi connectivity index (χ2v) is 7.71. The van der Waals surface area contributed by atoms with Crippen molar-refractivity contribution in [3.05, 3.63) is 93.7 Å². The van der Waals surface area contributed by atoms with Crippen molar-refractivity contribution in [2.45, 2.75) is 19.4 Å². The van der Waals surface area contributed by atoms with E-state index in [-0.39, 0.29) is 11.4 Å². The molecule has 3 rings (SSSR count). The average Bonchev–Trinajstić information content (AvgIpc) is 2.85. The Morgan fingerprint density at radius 1 is 0.882 bits per heavy atom. The van der Waals surface area contributed by atoms with Gasteiger partial charge in [-0.3, -0.25) is 9.36 Å². The van der Waals surface area contributed by atoms with Gasteiger partial charge in [0.15, 0.2) is 5.69 Å².